The van der Waals surface area contributed by atoms with Crippen molar-refractivity contribution in [3.63, 3.8) is 0 Å². The molecule has 0 bridgehead atoms. The summed E-state index contributed by atoms with van der Waals surface area (Å²) in [5.41, 5.74) is 0. The quantitative estimate of drug-likeness (QED) is 0.502. The Morgan fingerprint density at radius 1 is 1.75 bits per heavy atom. The monoisotopic (exact) mass is 110 g/mol. The van der Waals surface area contributed by atoms with Crippen LogP contribution in [0.15, 0.2) is 18.4 Å². The van der Waals surface area contributed by atoms with E-state index in [1.165, 1.54) is 6.20 Å². The van der Waals surface area contributed by atoms with Crippen molar-refractivity contribution in [2.75, 3.05) is 0 Å². The third-order valence-electron chi connectivity index (χ3n) is 1.10. The first-order valence-corrected chi connectivity index (χ1v) is 2.54. The molecule has 0 aromatic rings. The van der Waals surface area contributed by atoms with E-state index in [4.69, 9.17) is 5.21 Å². The van der Waals surface area contributed by atoms with Crippen molar-refractivity contribution < 1.29 is 5.21 Å². The lowest BCUT2D eigenvalue weighted by molar-refractivity contribution is -0.0608. The largest absolute Gasteiger partial charge is 0.288 e. The van der Waals surface area contributed by atoms with Crippen molar-refractivity contribution >= 4 is 0 Å². The van der Waals surface area contributed by atoms with Crippen LogP contribution in [0.3, 0.4) is 0 Å². The Kier molecular flexibility index (Phi) is 1.35. The Labute approximate surface area is 48.7 Å². The summed E-state index contributed by atoms with van der Waals surface area (Å²) in [6.07, 6.45) is 7.89. The summed E-state index contributed by atoms with van der Waals surface area (Å²) in [6.45, 7) is 1.90. The summed E-state index contributed by atoms with van der Waals surface area (Å²) in [5.74, 6) is 0. The predicted octanol–water partition coefficient (Wildman–Crippen LogP) is 0.953. The zero-order valence-electron chi connectivity index (χ0n) is 4.70. The van der Waals surface area contributed by atoms with Gasteiger partial charge in [0, 0.05) is 12.3 Å². The normalized spacial score (nSPS) is 26.8. The maximum atomic E-state index is 8.84. The molecule has 0 fully saturated rings. The Morgan fingerprint density at radius 3 is 2.88 bits per heavy atom. The molecule has 0 saturated heterocycles. The molecule has 1 heterocycles. The highest BCUT2D eigenvalue weighted by Crippen LogP contribution is 2.01. The van der Waals surface area contributed by atoms with Gasteiger partial charge in [0.05, 0.1) is 6.04 Å². The van der Waals surface area contributed by atoms with Crippen LogP contribution < -0.4 is 0 Å². The van der Waals surface area contributed by atoms with Crippen LogP contribution in [0.4, 0.5) is 0 Å². The van der Waals surface area contributed by atoms with E-state index in [-0.39, 0.29) is 6.04 Å². The molecule has 1 aliphatic heterocycles. The van der Waals surface area contributed by atoms with E-state index in [1.807, 2.05) is 13.0 Å². The van der Waals surface area contributed by atoms with Crippen LogP contribution in [0.2, 0.25) is 0 Å². The van der Waals surface area contributed by atoms with Crippen molar-refractivity contribution in [3.8, 4) is 0 Å². The van der Waals surface area contributed by atoms with E-state index < -0.39 is 0 Å². The molecule has 1 rings (SSSR count). The smallest absolute Gasteiger partial charge is 0.0712 e. The second-order valence-electron chi connectivity index (χ2n) is 1.78. The summed E-state index contributed by atoms with van der Waals surface area (Å²) in [4.78, 5) is 0. The first kappa shape index (κ1) is 5.38. The third kappa shape index (κ3) is 0.898. The van der Waals surface area contributed by atoms with Gasteiger partial charge in [0.1, 0.15) is 0 Å². The summed E-state index contributed by atoms with van der Waals surface area (Å²) in [7, 11) is 0. The van der Waals surface area contributed by atoms with E-state index in [0.717, 1.165) is 5.06 Å². The molecule has 1 unspecified atom stereocenters. The highest BCUT2D eigenvalue weighted by Gasteiger charge is 2.03. The first-order valence-electron chi connectivity index (χ1n) is 2.54. The average Bonchev–Trinajstić information content (AvgIpc) is 1.77. The van der Waals surface area contributed by atoms with Gasteiger partial charge in [-0.3, -0.25) is 10.3 Å². The third-order valence-corrected chi connectivity index (χ3v) is 1.10. The molecule has 0 spiro atoms. The maximum absolute atomic E-state index is 8.84. The molecule has 1 N–H and O–H groups in total. The number of rotatable bonds is 0. The average molecular weight is 110 g/mol. The predicted molar refractivity (Wildman–Crippen MR) is 30.0 cm³/mol. The molecule has 2 nitrogen and oxygen atoms in total. The van der Waals surface area contributed by atoms with Crippen LogP contribution in [-0.4, -0.2) is 16.3 Å². The van der Waals surface area contributed by atoms with Crippen LogP contribution in [0.5, 0.6) is 0 Å². The lowest BCUT2D eigenvalue weighted by atomic mass is 10.2. The van der Waals surface area contributed by atoms with Crippen LogP contribution in [0, 0.1) is 6.08 Å². The van der Waals surface area contributed by atoms with Crippen LogP contribution >= 0.6 is 0 Å². The number of nitrogens with zero attached hydrogens (tertiary/aromatic N) is 1. The molecule has 0 amide bonds. The molecule has 1 aliphatic rings. The lowest BCUT2D eigenvalue weighted by Crippen LogP contribution is -2.23. The highest BCUT2D eigenvalue weighted by atomic mass is 16.5. The fourth-order valence-corrected chi connectivity index (χ4v) is 0.520. The second kappa shape index (κ2) is 2.01. The number of hydrogen-bond donors (Lipinski definition) is 1. The Hall–Kier alpha value is -0.760. The van der Waals surface area contributed by atoms with E-state index in [0.29, 0.717) is 0 Å². The highest BCUT2D eigenvalue weighted by molar-refractivity contribution is 5.04. The fourth-order valence-electron chi connectivity index (χ4n) is 0.520. The molecule has 43 valence electrons. The van der Waals surface area contributed by atoms with Crippen molar-refractivity contribution in [1.82, 2.24) is 5.06 Å². The van der Waals surface area contributed by atoms with Gasteiger partial charge in [-0.1, -0.05) is 12.2 Å². The molecule has 2 heteroatoms. The number of allylic oxidation sites excluding steroid dienone is 2. The lowest BCUT2D eigenvalue weighted by Gasteiger charge is -2.18. The molecule has 1 atom stereocenters. The summed E-state index contributed by atoms with van der Waals surface area (Å²) in [5, 5.41) is 9.95. The minimum atomic E-state index is 0.0937. The zero-order chi connectivity index (χ0) is 5.98. The topological polar surface area (TPSA) is 23.5 Å². The van der Waals surface area contributed by atoms with Gasteiger partial charge in [-0.25, -0.2) is 0 Å². The minimum absolute atomic E-state index is 0.0937. The number of hydrogen-bond acceptors (Lipinski definition) is 2. The van der Waals surface area contributed by atoms with Crippen molar-refractivity contribution in [1.29, 1.82) is 0 Å². The summed E-state index contributed by atoms with van der Waals surface area (Å²) in [6, 6.07) is 0.0937. The Bertz CT molecular complexity index is 112. The van der Waals surface area contributed by atoms with Gasteiger partial charge in [-0.2, -0.15) is 0 Å². The van der Waals surface area contributed by atoms with Gasteiger partial charge in [-0.05, 0) is 6.92 Å². The van der Waals surface area contributed by atoms with Crippen molar-refractivity contribution in [3.05, 3.63) is 24.4 Å². The Morgan fingerprint density at radius 2 is 2.50 bits per heavy atom. The van der Waals surface area contributed by atoms with E-state index >= 15 is 0 Å². The van der Waals surface area contributed by atoms with Crippen molar-refractivity contribution in [2.45, 2.75) is 13.0 Å². The molecule has 1 radical (unpaired) electrons. The summed E-state index contributed by atoms with van der Waals surface area (Å²) < 4.78 is 0. The summed E-state index contributed by atoms with van der Waals surface area (Å²) >= 11 is 0. The van der Waals surface area contributed by atoms with Gasteiger partial charge in [0.15, 0.2) is 0 Å². The van der Waals surface area contributed by atoms with E-state index in [9.17, 15) is 0 Å². The molecular formula is C6H8NO. The first-order chi connectivity index (χ1) is 3.80. The molecule has 0 aromatic carbocycles. The molecule has 0 saturated carbocycles. The van der Waals surface area contributed by atoms with Gasteiger partial charge in [0.2, 0.25) is 0 Å². The SMILES string of the molecule is CC1C=C[C]=CN1O. The second-order valence-corrected chi connectivity index (χ2v) is 1.78. The minimum Gasteiger partial charge on any atom is -0.288 e. The van der Waals surface area contributed by atoms with Crippen LogP contribution in [0.25, 0.3) is 0 Å². The van der Waals surface area contributed by atoms with E-state index in [1.54, 1.807) is 6.08 Å². The maximum Gasteiger partial charge on any atom is 0.0712 e. The van der Waals surface area contributed by atoms with Gasteiger partial charge < -0.3 is 0 Å². The van der Waals surface area contributed by atoms with Crippen molar-refractivity contribution in [2.24, 2.45) is 0 Å². The van der Waals surface area contributed by atoms with Gasteiger partial charge in [-0.15, -0.1) is 0 Å². The number of hydroxylamine groups is 2. The van der Waals surface area contributed by atoms with Crippen LogP contribution in [-0.2, 0) is 0 Å². The standard InChI is InChI=1S/C6H8NO/c1-6-4-2-3-5-7(6)8/h2,4-6,8H,1H3. The van der Waals surface area contributed by atoms with Gasteiger partial charge >= 0.3 is 0 Å². The molecule has 0 aliphatic carbocycles. The molecule has 8 heavy (non-hydrogen) atoms. The van der Waals surface area contributed by atoms with Gasteiger partial charge in [0.25, 0.3) is 0 Å². The van der Waals surface area contributed by atoms with Crippen LogP contribution in [0.1, 0.15) is 6.92 Å². The molecular weight excluding hydrogens is 102 g/mol. The molecule has 0 aromatic heterocycles. The Balaban J connectivity index is 2.59. The van der Waals surface area contributed by atoms with E-state index in [2.05, 4.69) is 6.08 Å². The zero-order valence-corrected chi connectivity index (χ0v) is 4.70. The fraction of sp³-hybridized carbons (Fsp3) is 0.333.